The first-order valence-corrected chi connectivity index (χ1v) is 7.29. The number of fused-ring (bicyclic) bond motifs is 1. The van der Waals surface area contributed by atoms with Crippen LogP contribution >= 0.6 is 11.3 Å². The van der Waals surface area contributed by atoms with Gasteiger partial charge in [0.2, 0.25) is 0 Å². The molecule has 0 aliphatic rings. The first-order chi connectivity index (χ1) is 10.0. The van der Waals surface area contributed by atoms with Gasteiger partial charge in [0.25, 0.3) is 5.91 Å². The van der Waals surface area contributed by atoms with Crippen molar-refractivity contribution in [2.75, 3.05) is 5.32 Å². The van der Waals surface area contributed by atoms with E-state index in [-0.39, 0.29) is 11.7 Å². The van der Waals surface area contributed by atoms with E-state index in [0.717, 1.165) is 11.1 Å². The van der Waals surface area contributed by atoms with Gasteiger partial charge in [-0.3, -0.25) is 10.1 Å². The molecule has 0 aliphatic heterocycles. The quantitative estimate of drug-likeness (QED) is 0.766. The minimum absolute atomic E-state index is 0.207. The van der Waals surface area contributed by atoms with Crippen LogP contribution in [0, 0.1) is 19.7 Å². The van der Waals surface area contributed by atoms with Crippen LogP contribution < -0.4 is 5.32 Å². The van der Waals surface area contributed by atoms with Crippen molar-refractivity contribution in [3.05, 3.63) is 58.9 Å². The molecule has 0 atom stereocenters. The first-order valence-electron chi connectivity index (χ1n) is 6.47. The largest absolute Gasteiger partial charge is 0.298 e. The fourth-order valence-corrected chi connectivity index (χ4v) is 3.11. The second kappa shape index (κ2) is 5.26. The first kappa shape index (κ1) is 13.7. The molecule has 0 fully saturated rings. The van der Waals surface area contributed by atoms with Crippen molar-refractivity contribution >= 4 is 32.6 Å². The van der Waals surface area contributed by atoms with Gasteiger partial charge in [0.1, 0.15) is 5.82 Å². The van der Waals surface area contributed by atoms with Crippen molar-refractivity contribution in [2.45, 2.75) is 13.8 Å². The summed E-state index contributed by atoms with van der Waals surface area (Å²) in [4.78, 5) is 16.5. The molecule has 0 unspecified atom stereocenters. The van der Waals surface area contributed by atoms with Gasteiger partial charge in [-0.05, 0) is 44.2 Å². The Hall–Kier alpha value is -2.27. The normalized spacial score (nSPS) is 10.8. The fourth-order valence-electron chi connectivity index (χ4n) is 2.23. The van der Waals surface area contributed by atoms with E-state index in [9.17, 15) is 9.18 Å². The summed E-state index contributed by atoms with van der Waals surface area (Å²) >= 11 is 1.26. The van der Waals surface area contributed by atoms with Crippen LogP contribution in [-0.4, -0.2) is 10.9 Å². The summed E-state index contributed by atoms with van der Waals surface area (Å²) in [7, 11) is 0. The Morgan fingerprint density at radius 1 is 1.14 bits per heavy atom. The number of nitrogens with one attached hydrogen (secondary N) is 1. The molecule has 3 rings (SSSR count). The SMILES string of the molecule is Cc1cc(C)cc(C(=O)Nc2nc3ccc(F)cc3s2)c1. The van der Waals surface area contributed by atoms with Crippen molar-refractivity contribution in [3.63, 3.8) is 0 Å². The lowest BCUT2D eigenvalue weighted by molar-refractivity contribution is 0.102. The highest BCUT2D eigenvalue weighted by molar-refractivity contribution is 7.22. The van der Waals surface area contributed by atoms with Gasteiger partial charge in [0, 0.05) is 5.56 Å². The summed E-state index contributed by atoms with van der Waals surface area (Å²) in [6, 6.07) is 10.0. The molecule has 0 aliphatic carbocycles. The third kappa shape index (κ3) is 2.92. The van der Waals surface area contributed by atoms with Gasteiger partial charge in [-0.1, -0.05) is 28.5 Å². The fraction of sp³-hybridized carbons (Fsp3) is 0.125. The Balaban J connectivity index is 1.88. The number of nitrogens with zero attached hydrogens (tertiary/aromatic N) is 1. The van der Waals surface area contributed by atoms with Gasteiger partial charge < -0.3 is 0 Å². The molecule has 0 saturated heterocycles. The Labute approximate surface area is 125 Å². The average molecular weight is 300 g/mol. The lowest BCUT2D eigenvalue weighted by Gasteiger charge is -2.04. The summed E-state index contributed by atoms with van der Waals surface area (Å²) in [5, 5.41) is 3.24. The number of aryl methyl sites for hydroxylation is 2. The number of carbonyl (C=O) groups excluding carboxylic acids is 1. The lowest BCUT2D eigenvalue weighted by Crippen LogP contribution is -2.12. The monoisotopic (exact) mass is 300 g/mol. The third-order valence-corrected chi connectivity index (χ3v) is 3.99. The minimum Gasteiger partial charge on any atom is -0.298 e. The number of aromatic nitrogens is 1. The van der Waals surface area contributed by atoms with Crippen LogP contribution in [0.4, 0.5) is 9.52 Å². The molecule has 106 valence electrons. The maximum absolute atomic E-state index is 13.2. The van der Waals surface area contributed by atoms with Crippen molar-refractivity contribution in [1.29, 1.82) is 0 Å². The molecule has 5 heteroatoms. The van der Waals surface area contributed by atoms with Gasteiger partial charge in [-0.25, -0.2) is 9.37 Å². The summed E-state index contributed by atoms with van der Waals surface area (Å²) in [6.07, 6.45) is 0. The molecular formula is C16H13FN2OS. The smallest absolute Gasteiger partial charge is 0.257 e. The van der Waals surface area contributed by atoms with Crippen LogP contribution in [0.1, 0.15) is 21.5 Å². The Morgan fingerprint density at radius 2 is 1.86 bits per heavy atom. The van der Waals surface area contributed by atoms with Gasteiger partial charge in [0.15, 0.2) is 5.13 Å². The molecule has 2 aromatic carbocycles. The molecule has 21 heavy (non-hydrogen) atoms. The highest BCUT2D eigenvalue weighted by Gasteiger charge is 2.11. The molecule has 0 bridgehead atoms. The number of benzene rings is 2. The molecule has 0 spiro atoms. The van der Waals surface area contributed by atoms with E-state index in [1.807, 2.05) is 32.0 Å². The zero-order valence-corrected chi connectivity index (χ0v) is 12.4. The van der Waals surface area contributed by atoms with E-state index in [0.29, 0.717) is 20.9 Å². The molecule has 3 nitrogen and oxygen atoms in total. The number of carbonyl (C=O) groups is 1. The summed E-state index contributed by atoms with van der Waals surface area (Å²) in [6.45, 7) is 3.90. The van der Waals surface area contributed by atoms with E-state index >= 15 is 0 Å². The second-order valence-corrected chi connectivity index (χ2v) is 5.99. The number of hydrogen-bond acceptors (Lipinski definition) is 3. The topological polar surface area (TPSA) is 42.0 Å². The molecule has 0 radical (unpaired) electrons. The van der Waals surface area contributed by atoms with Gasteiger partial charge in [-0.15, -0.1) is 0 Å². The summed E-state index contributed by atoms with van der Waals surface area (Å²) < 4.78 is 13.9. The van der Waals surface area contributed by atoms with Crippen LogP contribution in [0.3, 0.4) is 0 Å². The van der Waals surface area contributed by atoms with E-state index in [1.165, 1.54) is 23.5 Å². The van der Waals surface area contributed by atoms with Crippen molar-refractivity contribution in [2.24, 2.45) is 0 Å². The molecular weight excluding hydrogens is 287 g/mol. The van der Waals surface area contributed by atoms with Crippen molar-refractivity contribution in [3.8, 4) is 0 Å². The van der Waals surface area contributed by atoms with Gasteiger partial charge >= 0.3 is 0 Å². The Morgan fingerprint density at radius 3 is 2.57 bits per heavy atom. The maximum Gasteiger partial charge on any atom is 0.257 e. The predicted octanol–water partition coefficient (Wildman–Crippen LogP) is 4.30. The molecule has 3 aromatic rings. The zero-order chi connectivity index (χ0) is 15.0. The average Bonchev–Trinajstić information content (AvgIpc) is 2.78. The highest BCUT2D eigenvalue weighted by Crippen LogP contribution is 2.26. The van der Waals surface area contributed by atoms with Crippen molar-refractivity contribution < 1.29 is 9.18 Å². The Bertz CT molecular complexity index is 821. The van der Waals surface area contributed by atoms with Gasteiger partial charge in [-0.2, -0.15) is 0 Å². The number of halogens is 1. The van der Waals surface area contributed by atoms with Crippen LogP contribution in [0.5, 0.6) is 0 Å². The van der Waals surface area contributed by atoms with Gasteiger partial charge in [0.05, 0.1) is 10.2 Å². The minimum atomic E-state index is -0.307. The number of amides is 1. The standard InChI is InChI=1S/C16H13FN2OS/c1-9-5-10(2)7-11(6-9)15(20)19-16-18-13-4-3-12(17)8-14(13)21-16/h3-8H,1-2H3,(H,18,19,20). The lowest BCUT2D eigenvalue weighted by atomic mass is 10.1. The summed E-state index contributed by atoms with van der Waals surface area (Å²) in [5.41, 5.74) is 3.34. The number of hydrogen-bond donors (Lipinski definition) is 1. The van der Waals surface area contributed by atoms with Crippen LogP contribution in [0.15, 0.2) is 36.4 Å². The molecule has 0 saturated carbocycles. The maximum atomic E-state index is 13.2. The number of thiazole rings is 1. The second-order valence-electron chi connectivity index (χ2n) is 4.96. The molecule has 1 N–H and O–H groups in total. The van der Waals surface area contributed by atoms with Crippen LogP contribution in [-0.2, 0) is 0 Å². The van der Waals surface area contributed by atoms with Crippen LogP contribution in [0.2, 0.25) is 0 Å². The van der Waals surface area contributed by atoms with Crippen molar-refractivity contribution in [1.82, 2.24) is 4.98 Å². The van der Waals surface area contributed by atoms with E-state index in [1.54, 1.807) is 6.07 Å². The zero-order valence-electron chi connectivity index (χ0n) is 11.6. The van der Waals surface area contributed by atoms with E-state index in [4.69, 9.17) is 0 Å². The van der Waals surface area contributed by atoms with E-state index in [2.05, 4.69) is 10.3 Å². The van der Waals surface area contributed by atoms with Crippen LogP contribution in [0.25, 0.3) is 10.2 Å². The molecule has 1 heterocycles. The predicted molar refractivity (Wildman–Crippen MR) is 83.4 cm³/mol. The molecule has 1 aromatic heterocycles. The third-order valence-electron chi connectivity index (χ3n) is 3.05. The number of anilines is 1. The highest BCUT2D eigenvalue weighted by atomic mass is 32.1. The summed E-state index contributed by atoms with van der Waals surface area (Å²) in [5.74, 6) is -0.514. The molecule has 1 amide bonds. The van der Waals surface area contributed by atoms with E-state index < -0.39 is 0 Å². The number of rotatable bonds is 2. The Kier molecular flexibility index (Phi) is 3.43.